The Bertz CT molecular complexity index is 479. The lowest BCUT2D eigenvalue weighted by molar-refractivity contribution is -0.0893. The van der Waals surface area contributed by atoms with Crippen molar-refractivity contribution in [2.45, 2.75) is 72.0 Å². The van der Waals surface area contributed by atoms with E-state index < -0.39 is 12.2 Å². The second-order valence-corrected chi connectivity index (χ2v) is 8.66. The number of rotatable bonds is 4. The van der Waals surface area contributed by atoms with Crippen molar-refractivity contribution >= 4 is 0 Å². The number of aliphatic hydroxyl groups is 3. The van der Waals surface area contributed by atoms with Crippen LogP contribution in [-0.2, 0) is 0 Å². The highest BCUT2D eigenvalue weighted by atomic mass is 16.3. The van der Waals surface area contributed by atoms with E-state index in [4.69, 9.17) is 5.11 Å². The molecular formula is C20H34O3. The van der Waals surface area contributed by atoms with Crippen molar-refractivity contribution in [1.82, 2.24) is 0 Å². The number of hydrogen-bond acceptors (Lipinski definition) is 3. The van der Waals surface area contributed by atoms with Crippen LogP contribution >= 0.6 is 0 Å². The molecule has 0 aliphatic heterocycles. The average molecular weight is 322 g/mol. The van der Waals surface area contributed by atoms with Crippen molar-refractivity contribution in [3.8, 4) is 0 Å². The summed E-state index contributed by atoms with van der Waals surface area (Å²) in [5, 5.41) is 30.1. The Kier molecular flexibility index (Phi) is 5.44. The molecule has 2 aliphatic rings. The molecule has 3 N–H and O–H groups in total. The first-order valence-electron chi connectivity index (χ1n) is 8.96. The minimum atomic E-state index is -0.586. The molecule has 0 unspecified atom stereocenters. The highest BCUT2D eigenvalue weighted by Crippen LogP contribution is 2.61. The highest BCUT2D eigenvalue weighted by molar-refractivity contribution is 5.21. The monoisotopic (exact) mass is 322 g/mol. The predicted octanol–water partition coefficient (Wildman–Crippen LogP) is 3.45. The van der Waals surface area contributed by atoms with Gasteiger partial charge in [-0.25, -0.2) is 0 Å². The molecule has 2 saturated carbocycles. The predicted molar refractivity (Wildman–Crippen MR) is 93.9 cm³/mol. The molecule has 132 valence electrons. The molecule has 23 heavy (non-hydrogen) atoms. The van der Waals surface area contributed by atoms with Gasteiger partial charge in [0.05, 0.1) is 18.8 Å². The molecule has 0 amide bonds. The Hall–Kier alpha value is -0.640. The maximum absolute atomic E-state index is 10.6. The number of hydrogen-bond donors (Lipinski definition) is 3. The molecule has 2 aliphatic carbocycles. The van der Waals surface area contributed by atoms with E-state index in [-0.39, 0.29) is 23.4 Å². The van der Waals surface area contributed by atoms with Crippen molar-refractivity contribution < 1.29 is 15.3 Å². The molecule has 3 heteroatoms. The van der Waals surface area contributed by atoms with Crippen molar-refractivity contribution in [3.63, 3.8) is 0 Å². The zero-order chi connectivity index (χ0) is 17.4. The van der Waals surface area contributed by atoms with Crippen LogP contribution in [-0.4, -0.2) is 34.1 Å². The maximum Gasteiger partial charge on any atom is 0.0754 e. The van der Waals surface area contributed by atoms with E-state index in [1.54, 1.807) is 6.08 Å². The quantitative estimate of drug-likeness (QED) is 0.695. The summed E-state index contributed by atoms with van der Waals surface area (Å²) in [5.74, 6) is 0.566. The third kappa shape index (κ3) is 3.42. The van der Waals surface area contributed by atoms with Gasteiger partial charge in [-0.2, -0.15) is 0 Å². The van der Waals surface area contributed by atoms with Crippen LogP contribution < -0.4 is 0 Å². The summed E-state index contributed by atoms with van der Waals surface area (Å²) >= 11 is 0. The van der Waals surface area contributed by atoms with E-state index in [1.165, 1.54) is 12.8 Å². The summed E-state index contributed by atoms with van der Waals surface area (Å²) in [6.07, 6.45) is 5.51. The molecular weight excluding hydrogens is 288 g/mol. The fourth-order valence-electron chi connectivity index (χ4n) is 5.31. The van der Waals surface area contributed by atoms with Crippen LogP contribution in [0.2, 0.25) is 0 Å². The molecule has 2 fully saturated rings. The van der Waals surface area contributed by atoms with Gasteiger partial charge in [-0.15, -0.1) is 0 Å². The highest BCUT2D eigenvalue weighted by Gasteiger charge is 2.55. The minimum Gasteiger partial charge on any atom is -0.392 e. The summed E-state index contributed by atoms with van der Waals surface area (Å²) in [6.45, 7) is 13.0. The molecule has 5 atom stereocenters. The van der Waals surface area contributed by atoms with Crippen molar-refractivity contribution in [1.29, 1.82) is 0 Å². The normalized spacial score (nSPS) is 39.0. The minimum absolute atomic E-state index is 0.0515. The Morgan fingerprint density at radius 1 is 1.35 bits per heavy atom. The molecule has 0 saturated heterocycles. The molecule has 0 heterocycles. The van der Waals surface area contributed by atoms with E-state index in [9.17, 15) is 10.2 Å². The molecule has 0 radical (unpaired) electrons. The number of fused-ring (bicyclic) bond motifs is 1. The Morgan fingerprint density at radius 2 is 2.00 bits per heavy atom. The van der Waals surface area contributed by atoms with E-state index in [0.29, 0.717) is 12.3 Å². The summed E-state index contributed by atoms with van der Waals surface area (Å²) in [6, 6.07) is 0. The lowest BCUT2D eigenvalue weighted by Crippen LogP contribution is -2.53. The van der Waals surface area contributed by atoms with E-state index in [1.807, 2.05) is 6.92 Å². The van der Waals surface area contributed by atoms with Crippen LogP contribution in [0.25, 0.3) is 0 Å². The van der Waals surface area contributed by atoms with Crippen LogP contribution in [0.5, 0.6) is 0 Å². The average Bonchev–Trinajstić information content (AvgIpc) is 2.46. The lowest BCUT2D eigenvalue weighted by atomic mass is 9.46. The summed E-state index contributed by atoms with van der Waals surface area (Å²) in [7, 11) is 0. The van der Waals surface area contributed by atoms with Gasteiger partial charge in [0, 0.05) is 0 Å². The van der Waals surface area contributed by atoms with Crippen LogP contribution in [0.1, 0.15) is 59.8 Å². The first-order chi connectivity index (χ1) is 10.6. The van der Waals surface area contributed by atoms with Crippen LogP contribution in [0.15, 0.2) is 23.8 Å². The maximum atomic E-state index is 10.6. The fraction of sp³-hybridized carbons (Fsp3) is 0.800. The molecule has 0 aromatic carbocycles. The topological polar surface area (TPSA) is 60.7 Å². The lowest BCUT2D eigenvalue weighted by Gasteiger charge is -2.59. The molecule has 3 nitrogen and oxygen atoms in total. The van der Waals surface area contributed by atoms with Crippen molar-refractivity contribution in [2.75, 3.05) is 6.61 Å². The van der Waals surface area contributed by atoms with Gasteiger partial charge in [0.25, 0.3) is 0 Å². The van der Waals surface area contributed by atoms with Crippen molar-refractivity contribution in [3.05, 3.63) is 23.8 Å². The van der Waals surface area contributed by atoms with Crippen molar-refractivity contribution in [2.24, 2.45) is 22.7 Å². The third-order valence-corrected chi connectivity index (χ3v) is 6.80. The second kappa shape index (κ2) is 6.70. The SMILES string of the molecule is C=C1[C@H](O)C[C@H]2C(C)(C)CCC[C@]2(C)[C@H]1C[C@@H](O)C(C)=CCO. The Balaban J connectivity index is 2.31. The number of aliphatic hydroxyl groups excluding tert-OH is 3. The second-order valence-electron chi connectivity index (χ2n) is 8.66. The zero-order valence-corrected chi connectivity index (χ0v) is 15.2. The molecule has 0 aromatic rings. The zero-order valence-electron chi connectivity index (χ0n) is 15.2. The fourth-order valence-corrected chi connectivity index (χ4v) is 5.31. The van der Waals surface area contributed by atoms with Crippen LogP contribution in [0, 0.1) is 22.7 Å². The van der Waals surface area contributed by atoms with Gasteiger partial charge >= 0.3 is 0 Å². The Labute approximate surface area is 141 Å². The largest absolute Gasteiger partial charge is 0.392 e. The van der Waals surface area contributed by atoms with E-state index >= 15 is 0 Å². The smallest absolute Gasteiger partial charge is 0.0754 e. The van der Waals surface area contributed by atoms with Gasteiger partial charge in [0.1, 0.15) is 0 Å². The summed E-state index contributed by atoms with van der Waals surface area (Å²) < 4.78 is 0. The molecule has 0 aromatic heterocycles. The van der Waals surface area contributed by atoms with Gasteiger partial charge in [-0.3, -0.25) is 0 Å². The summed E-state index contributed by atoms with van der Waals surface area (Å²) in [4.78, 5) is 0. The first-order valence-corrected chi connectivity index (χ1v) is 8.96. The molecule has 0 bridgehead atoms. The van der Waals surface area contributed by atoms with Gasteiger partial charge in [-0.1, -0.05) is 39.8 Å². The third-order valence-electron chi connectivity index (χ3n) is 6.80. The molecule has 2 rings (SSSR count). The van der Waals surface area contributed by atoms with E-state index in [0.717, 1.165) is 24.0 Å². The standard InChI is InChI=1S/C20H34O3/c1-13(7-10-21)16(22)11-15-14(2)17(23)12-18-19(3,4)8-6-9-20(15,18)5/h7,15-18,21-23H,2,6,8-12H2,1,3-5H3/t15-,16+,17+,18-,20+/m0/s1. The summed E-state index contributed by atoms with van der Waals surface area (Å²) in [5.41, 5.74) is 1.99. The van der Waals surface area contributed by atoms with E-state index in [2.05, 4.69) is 27.4 Å². The Morgan fingerprint density at radius 3 is 2.61 bits per heavy atom. The van der Waals surface area contributed by atoms with Crippen LogP contribution in [0.4, 0.5) is 0 Å². The first kappa shape index (κ1) is 18.7. The molecule has 0 spiro atoms. The van der Waals surface area contributed by atoms with Gasteiger partial charge < -0.3 is 15.3 Å². The van der Waals surface area contributed by atoms with Gasteiger partial charge in [0.15, 0.2) is 0 Å². The van der Waals surface area contributed by atoms with Gasteiger partial charge in [0.2, 0.25) is 0 Å². The van der Waals surface area contributed by atoms with Gasteiger partial charge in [-0.05, 0) is 66.4 Å². The van der Waals surface area contributed by atoms with Crippen LogP contribution in [0.3, 0.4) is 0 Å².